The van der Waals surface area contributed by atoms with Crippen LogP contribution in [-0.2, 0) is 24.4 Å². The molecule has 7 nitrogen and oxygen atoms in total. The van der Waals surface area contributed by atoms with Gasteiger partial charge in [-0.25, -0.2) is 4.79 Å². The molecule has 0 saturated carbocycles. The Bertz CT molecular complexity index is 1400. The molecule has 1 heterocycles. The zero-order chi connectivity index (χ0) is 26.0. The van der Waals surface area contributed by atoms with Gasteiger partial charge in [-0.15, -0.1) is 0 Å². The maximum atomic E-state index is 13.2. The third kappa shape index (κ3) is 6.95. The Labute approximate surface area is 214 Å². The van der Waals surface area contributed by atoms with Crippen LogP contribution in [0.15, 0.2) is 102 Å². The van der Waals surface area contributed by atoms with Crippen molar-refractivity contribution in [2.45, 2.75) is 26.1 Å². The normalized spacial score (nSPS) is 10.5. The van der Waals surface area contributed by atoms with Crippen molar-refractivity contribution in [3.63, 3.8) is 0 Å². The van der Waals surface area contributed by atoms with E-state index in [2.05, 4.69) is 0 Å². The zero-order valence-corrected chi connectivity index (χ0v) is 20.5. The molecular formula is C30H27NO6. The third-order valence-corrected chi connectivity index (χ3v) is 5.73. The summed E-state index contributed by atoms with van der Waals surface area (Å²) in [6.07, 6.45) is 2.00. The van der Waals surface area contributed by atoms with Gasteiger partial charge < -0.3 is 14.3 Å². The number of Topliss-reactive ketones (excluding diaryl/α,β-unsaturated/α-hetero) is 1. The SMILES string of the molecule is COC(=O)c1ccc(CCC(=O)c2cc(=O)c(OCc3ccccc3)cn2OCc2ccccc2)cc1. The molecule has 0 aliphatic rings. The first-order chi connectivity index (χ1) is 18.0. The van der Waals surface area contributed by atoms with Gasteiger partial charge in [0.2, 0.25) is 5.43 Å². The van der Waals surface area contributed by atoms with Crippen molar-refractivity contribution in [3.8, 4) is 5.75 Å². The second kappa shape index (κ2) is 12.4. The van der Waals surface area contributed by atoms with E-state index in [1.165, 1.54) is 24.1 Å². The molecule has 0 aliphatic heterocycles. The maximum Gasteiger partial charge on any atom is 0.337 e. The number of pyridine rings is 1. The molecule has 0 fully saturated rings. The Morgan fingerprint density at radius 1 is 0.784 bits per heavy atom. The molecular weight excluding hydrogens is 470 g/mol. The highest BCUT2D eigenvalue weighted by Gasteiger charge is 2.17. The Kier molecular flexibility index (Phi) is 8.49. The summed E-state index contributed by atoms with van der Waals surface area (Å²) < 4.78 is 11.8. The Balaban J connectivity index is 1.52. The van der Waals surface area contributed by atoms with E-state index >= 15 is 0 Å². The van der Waals surface area contributed by atoms with Crippen molar-refractivity contribution < 1.29 is 23.9 Å². The molecule has 3 aromatic carbocycles. The number of hydrogen-bond donors (Lipinski definition) is 0. The molecule has 4 rings (SSSR count). The summed E-state index contributed by atoms with van der Waals surface area (Å²) in [7, 11) is 1.33. The lowest BCUT2D eigenvalue weighted by atomic mass is 10.0. The predicted molar refractivity (Wildman–Crippen MR) is 139 cm³/mol. The number of esters is 1. The molecule has 188 valence electrons. The van der Waals surface area contributed by atoms with E-state index in [4.69, 9.17) is 14.3 Å². The molecule has 0 N–H and O–H groups in total. The second-order valence-electron chi connectivity index (χ2n) is 8.36. The minimum atomic E-state index is -0.420. The Morgan fingerprint density at radius 3 is 2.03 bits per heavy atom. The number of aryl methyl sites for hydroxylation is 1. The summed E-state index contributed by atoms with van der Waals surface area (Å²) >= 11 is 0. The van der Waals surface area contributed by atoms with Crippen LogP contribution in [0.2, 0.25) is 0 Å². The molecule has 4 aromatic rings. The first-order valence-corrected chi connectivity index (χ1v) is 11.8. The zero-order valence-electron chi connectivity index (χ0n) is 20.5. The first-order valence-electron chi connectivity index (χ1n) is 11.8. The quantitative estimate of drug-likeness (QED) is 0.221. The number of carbonyl (C=O) groups is 2. The van der Waals surface area contributed by atoms with E-state index in [1.807, 2.05) is 60.7 Å². The van der Waals surface area contributed by atoms with E-state index in [-0.39, 0.29) is 36.9 Å². The number of ketones is 1. The van der Waals surface area contributed by atoms with E-state index in [0.717, 1.165) is 16.7 Å². The van der Waals surface area contributed by atoms with Crippen LogP contribution >= 0.6 is 0 Å². The van der Waals surface area contributed by atoms with Gasteiger partial charge in [0, 0.05) is 12.5 Å². The fourth-order valence-electron chi connectivity index (χ4n) is 3.68. The molecule has 0 bridgehead atoms. The van der Waals surface area contributed by atoms with Gasteiger partial charge >= 0.3 is 5.97 Å². The van der Waals surface area contributed by atoms with Crippen LogP contribution in [0.3, 0.4) is 0 Å². The molecule has 1 aromatic heterocycles. The minimum Gasteiger partial charge on any atom is -0.483 e. The lowest BCUT2D eigenvalue weighted by Crippen LogP contribution is -2.24. The Hall–Kier alpha value is -4.65. The fraction of sp³-hybridized carbons (Fsp3) is 0.167. The Morgan fingerprint density at radius 2 is 1.41 bits per heavy atom. The van der Waals surface area contributed by atoms with Crippen LogP contribution in [0.1, 0.15) is 44.0 Å². The molecule has 0 radical (unpaired) electrons. The van der Waals surface area contributed by atoms with Gasteiger partial charge in [-0.1, -0.05) is 72.8 Å². The number of methoxy groups -OCH3 is 1. The average Bonchev–Trinajstić information content (AvgIpc) is 2.95. The van der Waals surface area contributed by atoms with Gasteiger partial charge in [0.15, 0.2) is 11.5 Å². The van der Waals surface area contributed by atoms with Crippen molar-refractivity contribution in [1.29, 1.82) is 0 Å². The molecule has 0 unspecified atom stereocenters. The van der Waals surface area contributed by atoms with Gasteiger partial charge in [0.25, 0.3) is 0 Å². The smallest absolute Gasteiger partial charge is 0.337 e. The topological polar surface area (TPSA) is 83.8 Å². The number of ether oxygens (including phenoxy) is 2. The lowest BCUT2D eigenvalue weighted by Gasteiger charge is -2.16. The van der Waals surface area contributed by atoms with Crippen molar-refractivity contribution in [3.05, 3.63) is 135 Å². The van der Waals surface area contributed by atoms with E-state index < -0.39 is 11.4 Å². The number of aromatic nitrogens is 1. The van der Waals surface area contributed by atoms with Gasteiger partial charge in [-0.05, 0) is 35.2 Å². The monoisotopic (exact) mass is 497 g/mol. The molecule has 0 saturated heterocycles. The van der Waals surface area contributed by atoms with Gasteiger partial charge in [-0.3, -0.25) is 9.59 Å². The molecule has 37 heavy (non-hydrogen) atoms. The summed E-state index contributed by atoms with van der Waals surface area (Å²) in [6.45, 7) is 0.417. The predicted octanol–water partition coefficient (Wildman–Crippen LogP) is 4.66. The van der Waals surface area contributed by atoms with E-state index in [1.54, 1.807) is 24.3 Å². The van der Waals surface area contributed by atoms with Crippen LogP contribution in [0, 0.1) is 0 Å². The van der Waals surface area contributed by atoms with Crippen LogP contribution < -0.4 is 15.0 Å². The van der Waals surface area contributed by atoms with Crippen molar-refractivity contribution in [1.82, 2.24) is 4.73 Å². The molecule has 0 atom stereocenters. The summed E-state index contributed by atoms with van der Waals surface area (Å²) in [5.74, 6) is -0.583. The van der Waals surface area contributed by atoms with Crippen molar-refractivity contribution in [2.24, 2.45) is 0 Å². The largest absolute Gasteiger partial charge is 0.483 e. The highest BCUT2D eigenvalue weighted by molar-refractivity contribution is 5.94. The van der Waals surface area contributed by atoms with Gasteiger partial charge in [0.05, 0.1) is 18.9 Å². The molecule has 7 heteroatoms. The number of benzene rings is 3. The van der Waals surface area contributed by atoms with Crippen LogP contribution in [0.4, 0.5) is 0 Å². The highest BCUT2D eigenvalue weighted by Crippen LogP contribution is 2.14. The number of rotatable bonds is 11. The molecule has 0 aliphatic carbocycles. The summed E-state index contributed by atoms with van der Waals surface area (Å²) in [4.78, 5) is 43.5. The van der Waals surface area contributed by atoms with Crippen molar-refractivity contribution >= 4 is 11.8 Å². The first kappa shape index (κ1) is 25.4. The van der Waals surface area contributed by atoms with Gasteiger partial charge in [-0.2, -0.15) is 4.73 Å². The third-order valence-electron chi connectivity index (χ3n) is 5.73. The van der Waals surface area contributed by atoms with Crippen molar-refractivity contribution in [2.75, 3.05) is 7.11 Å². The second-order valence-corrected chi connectivity index (χ2v) is 8.36. The van der Waals surface area contributed by atoms with Crippen LogP contribution in [-0.4, -0.2) is 23.6 Å². The van der Waals surface area contributed by atoms with Crippen LogP contribution in [0.5, 0.6) is 5.75 Å². The fourth-order valence-corrected chi connectivity index (χ4v) is 3.68. The summed E-state index contributed by atoms with van der Waals surface area (Å²) in [5.41, 5.74) is 2.88. The van der Waals surface area contributed by atoms with Gasteiger partial charge in [0.1, 0.15) is 18.9 Å². The van der Waals surface area contributed by atoms with E-state index in [9.17, 15) is 14.4 Å². The summed E-state index contributed by atoms with van der Waals surface area (Å²) in [6, 6.07) is 27.1. The van der Waals surface area contributed by atoms with Crippen LogP contribution in [0.25, 0.3) is 0 Å². The number of hydrogen-bond acceptors (Lipinski definition) is 6. The average molecular weight is 498 g/mol. The molecule has 0 spiro atoms. The number of carbonyl (C=O) groups excluding carboxylic acids is 2. The van der Waals surface area contributed by atoms with E-state index in [0.29, 0.717) is 12.0 Å². The highest BCUT2D eigenvalue weighted by atomic mass is 16.7. The lowest BCUT2D eigenvalue weighted by molar-refractivity contribution is 0.0600. The summed E-state index contributed by atoms with van der Waals surface area (Å²) in [5, 5.41) is 0. The number of nitrogens with zero attached hydrogens (tertiary/aromatic N) is 1. The standard InChI is InChI=1S/C30H27NO6/c1-35-30(34)25-15-12-22(13-16-25)14-17-27(32)26-18-28(33)29(36-20-23-8-4-2-5-9-23)19-31(26)37-21-24-10-6-3-7-11-24/h2-13,15-16,18-19H,14,17,20-21H2,1H3. The molecule has 0 amide bonds. The minimum absolute atomic E-state index is 0.0897. The maximum absolute atomic E-state index is 13.2.